The number of carbonyl (C=O) groups excluding carboxylic acids is 1. The van der Waals surface area contributed by atoms with Gasteiger partial charge in [-0.2, -0.15) is 4.91 Å². The molecule has 7 nitrogen and oxygen atoms in total. The monoisotopic (exact) mass is 436 g/mol. The summed E-state index contributed by atoms with van der Waals surface area (Å²) in [6.07, 6.45) is 4.98. The summed E-state index contributed by atoms with van der Waals surface area (Å²) in [5.41, 5.74) is 5.04. The molecule has 0 N–H and O–H groups in total. The number of nitrogens with zero attached hydrogens (tertiary/aromatic N) is 4. The third-order valence-corrected chi connectivity index (χ3v) is 7.21. The average molecular weight is 437 g/mol. The number of fused-ring (bicyclic) bond motifs is 1. The molecule has 0 spiro atoms. The zero-order chi connectivity index (χ0) is 22.8. The van der Waals surface area contributed by atoms with Crippen molar-refractivity contribution in [3.05, 3.63) is 63.3 Å². The fourth-order valence-electron chi connectivity index (χ4n) is 5.18. The van der Waals surface area contributed by atoms with E-state index in [2.05, 4.69) is 41.0 Å². The lowest BCUT2D eigenvalue weighted by atomic mass is 9.86. The highest BCUT2D eigenvalue weighted by molar-refractivity contribution is 5.94. The van der Waals surface area contributed by atoms with Crippen LogP contribution in [0, 0.1) is 18.8 Å². The summed E-state index contributed by atoms with van der Waals surface area (Å²) in [7, 11) is 1.72. The minimum Gasteiger partial charge on any atom is -0.496 e. The number of hydrogen-bond acceptors (Lipinski definition) is 6. The van der Waals surface area contributed by atoms with Crippen LogP contribution in [0.25, 0.3) is 0 Å². The van der Waals surface area contributed by atoms with Crippen molar-refractivity contribution in [2.75, 3.05) is 26.7 Å². The molecule has 1 amide bonds. The first-order valence-electron chi connectivity index (χ1n) is 11.4. The Balaban J connectivity index is 1.48. The molecule has 2 fully saturated rings. The number of piperidine rings is 1. The Morgan fingerprint density at radius 2 is 1.97 bits per heavy atom. The molecule has 2 aliphatic rings. The van der Waals surface area contributed by atoms with Gasteiger partial charge in [-0.05, 0) is 74.9 Å². The molecule has 0 radical (unpaired) electrons. The Hall–Kier alpha value is -2.80. The van der Waals surface area contributed by atoms with Gasteiger partial charge in [-0.1, -0.05) is 11.2 Å². The molecule has 0 aliphatic carbocycles. The Bertz CT molecular complexity index is 991. The molecule has 7 heteroatoms. The van der Waals surface area contributed by atoms with Gasteiger partial charge < -0.3 is 9.64 Å². The number of rotatable bonds is 5. The Morgan fingerprint density at radius 3 is 2.66 bits per heavy atom. The zero-order valence-electron chi connectivity index (χ0n) is 19.4. The third kappa shape index (κ3) is 4.13. The number of pyridine rings is 1. The molecule has 2 aromatic rings. The van der Waals surface area contributed by atoms with Crippen molar-refractivity contribution in [3.8, 4) is 5.75 Å². The molecule has 1 aromatic heterocycles. The van der Waals surface area contributed by atoms with Crippen LogP contribution in [0.4, 0.5) is 0 Å². The van der Waals surface area contributed by atoms with E-state index in [1.165, 1.54) is 16.7 Å². The fraction of sp³-hybridized carbons (Fsp3) is 0.520. The second-order valence-electron chi connectivity index (χ2n) is 8.95. The number of aromatic nitrogens is 1. The maximum atomic E-state index is 13.1. The predicted octanol–water partition coefficient (Wildman–Crippen LogP) is 4.59. The Labute approximate surface area is 189 Å². The van der Waals surface area contributed by atoms with Crippen molar-refractivity contribution < 1.29 is 9.53 Å². The normalized spacial score (nSPS) is 22.2. The van der Waals surface area contributed by atoms with E-state index in [1.807, 2.05) is 4.90 Å². The van der Waals surface area contributed by atoms with E-state index in [4.69, 9.17) is 4.74 Å². The summed E-state index contributed by atoms with van der Waals surface area (Å²) in [6, 6.07) is 8.01. The van der Waals surface area contributed by atoms with Crippen LogP contribution in [0.3, 0.4) is 0 Å². The summed E-state index contributed by atoms with van der Waals surface area (Å²) >= 11 is 0. The molecule has 3 heterocycles. The van der Waals surface area contributed by atoms with Gasteiger partial charge in [0, 0.05) is 37.9 Å². The summed E-state index contributed by atoms with van der Waals surface area (Å²) in [5, 5.41) is 3.00. The van der Waals surface area contributed by atoms with E-state index in [9.17, 15) is 9.70 Å². The van der Waals surface area contributed by atoms with Crippen molar-refractivity contribution >= 4 is 5.91 Å². The van der Waals surface area contributed by atoms with Crippen LogP contribution < -0.4 is 4.74 Å². The number of piperazine rings is 1. The topological polar surface area (TPSA) is 75.1 Å². The predicted molar refractivity (Wildman–Crippen MR) is 124 cm³/mol. The lowest BCUT2D eigenvalue weighted by Gasteiger charge is -2.48. The number of nitroso groups, excluding NO2 is 1. The first-order valence-corrected chi connectivity index (χ1v) is 11.4. The lowest BCUT2D eigenvalue weighted by molar-refractivity contribution is 0.0101. The van der Waals surface area contributed by atoms with Crippen molar-refractivity contribution in [2.45, 2.75) is 58.2 Å². The van der Waals surface area contributed by atoms with Gasteiger partial charge in [-0.15, -0.1) is 0 Å². The molecule has 0 bridgehead atoms. The lowest BCUT2D eigenvalue weighted by Crippen LogP contribution is -2.57. The van der Waals surface area contributed by atoms with Crippen LogP contribution in [0.1, 0.15) is 71.0 Å². The first-order chi connectivity index (χ1) is 15.4. The van der Waals surface area contributed by atoms with Gasteiger partial charge in [0.05, 0.1) is 18.4 Å². The Kier molecular flexibility index (Phi) is 6.55. The number of amides is 1. The van der Waals surface area contributed by atoms with Gasteiger partial charge >= 0.3 is 0 Å². The number of benzene rings is 1. The van der Waals surface area contributed by atoms with Crippen LogP contribution >= 0.6 is 0 Å². The molecule has 4 rings (SSSR count). The second kappa shape index (κ2) is 9.36. The summed E-state index contributed by atoms with van der Waals surface area (Å²) < 4.78 is 5.50. The molecule has 2 aliphatic heterocycles. The fourth-order valence-corrected chi connectivity index (χ4v) is 5.18. The molecule has 1 aromatic carbocycles. The summed E-state index contributed by atoms with van der Waals surface area (Å²) in [6.45, 7) is 8.31. The quantitative estimate of drug-likeness (QED) is 0.641. The van der Waals surface area contributed by atoms with Gasteiger partial charge in [0.2, 0.25) is 0 Å². The third-order valence-electron chi connectivity index (χ3n) is 7.21. The van der Waals surface area contributed by atoms with E-state index in [-0.39, 0.29) is 5.91 Å². The molecule has 1 unspecified atom stereocenters. The number of carbonyl (C=O) groups is 1. The van der Waals surface area contributed by atoms with E-state index in [0.717, 1.165) is 38.1 Å². The molecule has 3 atom stereocenters. The van der Waals surface area contributed by atoms with Crippen molar-refractivity contribution in [2.24, 2.45) is 5.18 Å². The maximum Gasteiger partial charge on any atom is 0.255 e. The van der Waals surface area contributed by atoms with Crippen LogP contribution in [0.15, 0.2) is 35.6 Å². The SMILES string of the molecule is COc1ccc([C@H]2CCC[C@H]3CN(C(=O)c4ccc(C(C)N=O)nc4)CCN32)c(C)c1C. The largest absolute Gasteiger partial charge is 0.496 e. The number of methoxy groups -OCH3 is 1. The second-order valence-corrected chi connectivity index (χ2v) is 8.95. The molecule has 170 valence electrons. The van der Waals surface area contributed by atoms with Crippen molar-refractivity contribution in [1.29, 1.82) is 0 Å². The standard InChI is InChI=1S/C25H32N4O3/c1-16-17(2)24(32-4)11-9-21(16)23-7-5-6-20-15-28(12-13-29(20)23)25(30)19-8-10-22(26-14-19)18(3)27-31/h8-11,14,18,20,23H,5-7,12-13,15H2,1-4H3/t18?,20-,23+/m0/s1. The minimum absolute atomic E-state index is 0.00834. The Morgan fingerprint density at radius 1 is 1.16 bits per heavy atom. The van der Waals surface area contributed by atoms with E-state index in [0.29, 0.717) is 29.9 Å². The molecular formula is C25H32N4O3. The summed E-state index contributed by atoms with van der Waals surface area (Å²) in [4.78, 5) is 32.7. The van der Waals surface area contributed by atoms with Gasteiger partial charge in [-0.25, -0.2) is 0 Å². The van der Waals surface area contributed by atoms with Crippen LogP contribution in [0.5, 0.6) is 5.75 Å². The molecular weight excluding hydrogens is 404 g/mol. The number of hydrogen-bond donors (Lipinski definition) is 0. The van der Waals surface area contributed by atoms with Crippen molar-refractivity contribution in [3.63, 3.8) is 0 Å². The van der Waals surface area contributed by atoms with Crippen LogP contribution in [-0.2, 0) is 0 Å². The molecule has 32 heavy (non-hydrogen) atoms. The van der Waals surface area contributed by atoms with Gasteiger partial charge in [0.15, 0.2) is 0 Å². The maximum absolute atomic E-state index is 13.1. The van der Waals surface area contributed by atoms with Crippen molar-refractivity contribution in [1.82, 2.24) is 14.8 Å². The van der Waals surface area contributed by atoms with Crippen LogP contribution in [-0.4, -0.2) is 53.5 Å². The van der Waals surface area contributed by atoms with Gasteiger partial charge in [0.1, 0.15) is 11.8 Å². The molecule has 2 saturated heterocycles. The summed E-state index contributed by atoms with van der Waals surface area (Å²) in [5.74, 6) is 0.945. The zero-order valence-corrected chi connectivity index (χ0v) is 19.4. The van der Waals surface area contributed by atoms with Gasteiger partial charge in [0.25, 0.3) is 5.91 Å². The highest BCUT2D eigenvalue weighted by Gasteiger charge is 2.37. The van der Waals surface area contributed by atoms with Gasteiger partial charge in [-0.3, -0.25) is 14.7 Å². The number of ether oxygens (including phenoxy) is 1. The van der Waals surface area contributed by atoms with E-state index in [1.54, 1.807) is 32.4 Å². The molecule has 0 saturated carbocycles. The minimum atomic E-state index is -0.507. The van der Waals surface area contributed by atoms with E-state index >= 15 is 0 Å². The highest BCUT2D eigenvalue weighted by atomic mass is 16.5. The average Bonchev–Trinajstić information content (AvgIpc) is 2.84. The first kappa shape index (κ1) is 22.4. The van der Waals surface area contributed by atoms with Crippen LogP contribution in [0.2, 0.25) is 0 Å². The van der Waals surface area contributed by atoms with E-state index < -0.39 is 6.04 Å². The highest BCUT2D eigenvalue weighted by Crippen LogP contribution is 2.39. The smallest absolute Gasteiger partial charge is 0.255 e.